The highest BCUT2D eigenvalue weighted by molar-refractivity contribution is 7.88. The fraction of sp³-hybridized carbons (Fsp3) is 0.316. The second kappa shape index (κ2) is 9.35. The van der Waals surface area contributed by atoms with Gasteiger partial charge < -0.3 is 10.1 Å². The van der Waals surface area contributed by atoms with Gasteiger partial charge in [0.25, 0.3) is 5.91 Å². The zero-order valence-corrected chi connectivity index (χ0v) is 15.8. The van der Waals surface area contributed by atoms with Crippen LogP contribution in [0.1, 0.15) is 15.9 Å². The highest BCUT2D eigenvalue weighted by Crippen LogP contribution is 2.13. The van der Waals surface area contributed by atoms with Gasteiger partial charge in [0.15, 0.2) is 0 Å². The summed E-state index contributed by atoms with van der Waals surface area (Å²) in [6.07, 6.45) is 1.74. The number of hydrogen-bond donors (Lipinski definition) is 1. The van der Waals surface area contributed by atoms with E-state index in [1.807, 2.05) is 30.3 Å². The lowest BCUT2D eigenvalue weighted by Gasteiger charge is -2.20. The second-order valence-corrected chi connectivity index (χ2v) is 7.87. The van der Waals surface area contributed by atoms with E-state index >= 15 is 0 Å². The van der Waals surface area contributed by atoms with Crippen molar-refractivity contribution in [2.45, 2.75) is 6.42 Å². The van der Waals surface area contributed by atoms with Crippen LogP contribution in [0.4, 0.5) is 0 Å². The monoisotopic (exact) mass is 376 g/mol. The maximum Gasteiger partial charge on any atom is 0.251 e. The molecule has 2 aromatic rings. The first-order chi connectivity index (χ1) is 12.4. The van der Waals surface area contributed by atoms with Crippen molar-refractivity contribution < 1.29 is 17.9 Å². The number of carbonyl (C=O) groups is 1. The number of benzene rings is 2. The molecule has 6 nitrogen and oxygen atoms in total. The summed E-state index contributed by atoms with van der Waals surface area (Å²) in [6.45, 7) is 0.813. The quantitative estimate of drug-likeness (QED) is 0.726. The summed E-state index contributed by atoms with van der Waals surface area (Å²) in [4.78, 5) is 12.0. The van der Waals surface area contributed by atoms with Gasteiger partial charge in [0.2, 0.25) is 10.0 Å². The van der Waals surface area contributed by atoms with Gasteiger partial charge in [-0.25, -0.2) is 12.7 Å². The van der Waals surface area contributed by atoms with E-state index in [0.717, 1.165) is 11.3 Å². The smallest absolute Gasteiger partial charge is 0.251 e. The Balaban J connectivity index is 1.90. The summed E-state index contributed by atoms with van der Waals surface area (Å²) in [6, 6.07) is 16.4. The third-order valence-corrected chi connectivity index (χ3v) is 5.24. The minimum absolute atomic E-state index is 0.216. The van der Waals surface area contributed by atoms with Crippen molar-refractivity contribution in [1.29, 1.82) is 0 Å². The van der Waals surface area contributed by atoms with Crippen LogP contribution in [-0.2, 0) is 16.4 Å². The van der Waals surface area contributed by atoms with Crippen LogP contribution >= 0.6 is 0 Å². The van der Waals surface area contributed by atoms with Crippen molar-refractivity contribution in [3.8, 4) is 5.75 Å². The van der Waals surface area contributed by atoms with Gasteiger partial charge in [-0.15, -0.1) is 0 Å². The van der Waals surface area contributed by atoms with E-state index in [-0.39, 0.29) is 19.0 Å². The van der Waals surface area contributed by atoms with Crippen LogP contribution in [0, 0.1) is 0 Å². The van der Waals surface area contributed by atoms with Crippen LogP contribution in [0.25, 0.3) is 0 Å². The Kier molecular flexibility index (Phi) is 7.17. The molecule has 0 atom stereocenters. The molecule has 2 aromatic carbocycles. The Labute approximate surface area is 154 Å². The fourth-order valence-electron chi connectivity index (χ4n) is 2.51. The molecule has 0 heterocycles. The Morgan fingerprint density at radius 3 is 2.46 bits per heavy atom. The molecule has 0 spiro atoms. The molecule has 0 bridgehead atoms. The molecular weight excluding hydrogens is 352 g/mol. The number of carbonyl (C=O) groups excluding carboxylic acids is 1. The number of nitrogens with one attached hydrogen (secondary N) is 1. The normalized spacial score (nSPS) is 11.3. The average molecular weight is 376 g/mol. The highest BCUT2D eigenvalue weighted by Gasteiger charge is 2.16. The summed E-state index contributed by atoms with van der Waals surface area (Å²) in [5.41, 5.74) is 1.54. The zero-order valence-electron chi connectivity index (χ0n) is 15.0. The van der Waals surface area contributed by atoms with Gasteiger partial charge in [-0.3, -0.25) is 4.79 Å². The molecular formula is C19H24N2O4S. The molecule has 1 N–H and O–H groups in total. The number of rotatable bonds is 9. The maximum atomic E-state index is 12.0. The van der Waals surface area contributed by atoms with Crippen LogP contribution in [0.3, 0.4) is 0 Å². The molecule has 140 valence electrons. The number of nitrogens with zero attached hydrogens (tertiary/aromatic N) is 1. The number of methoxy groups -OCH3 is 1. The van der Waals surface area contributed by atoms with Gasteiger partial charge in [-0.05, 0) is 36.2 Å². The number of sulfonamides is 1. The molecule has 1 amide bonds. The molecule has 26 heavy (non-hydrogen) atoms. The van der Waals surface area contributed by atoms with Gasteiger partial charge in [-0.1, -0.05) is 30.3 Å². The predicted molar refractivity (Wildman–Crippen MR) is 102 cm³/mol. The summed E-state index contributed by atoms with van der Waals surface area (Å²) >= 11 is 0. The lowest BCUT2D eigenvalue weighted by Crippen LogP contribution is -2.39. The Morgan fingerprint density at radius 1 is 1.08 bits per heavy atom. The first kappa shape index (κ1) is 19.9. The topological polar surface area (TPSA) is 75.7 Å². The molecule has 0 aliphatic rings. The SMILES string of the molecule is COc1cccc(CCN(CCNC(=O)c2ccccc2)S(C)(=O)=O)c1. The van der Waals surface area contributed by atoms with Crippen molar-refractivity contribution in [3.05, 3.63) is 65.7 Å². The zero-order chi connectivity index (χ0) is 19.0. The van der Waals surface area contributed by atoms with E-state index in [0.29, 0.717) is 18.5 Å². The van der Waals surface area contributed by atoms with E-state index in [1.54, 1.807) is 31.4 Å². The van der Waals surface area contributed by atoms with Crippen LogP contribution < -0.4 is 10.1 Å². The summed E-state index contributed by atoms with van der Waals surface area (Å²) in [7, 11) is -1.77. The average Bonchev–Trinajstić information content (AvgIpc) is 2.64. The molecule has 0 fully saturated rings. The minimum Gasteiger partial charge on any atom is -0.497 e. The largest absolute Gasteiger partial charge is 0.497 e. The third kappa shape index (κ3) is 6.16. The van der Waals surface area contributed by atoms with Gasteiger partial charge in [0.1, 0.15) is 5.75 Å². The van der Waals surface area contributed by atoms with Crippen molar-refractivity contribution >= 4 is 15.9 Å². The van der Waals surface area contributed by atoms with E-state index < -0.39 is 10.0 Å². The van der Waals surface area contributed by atoms with Gasteiger partial charge in [0, 0.05) is 25.2 Å². The highest BCUT2D eigenvalue weighted by atomic mass is 32.2. The molecule has 0 saturated carbocycles. The Morgan fingerprint density at radius 2 is 1.81 bits per heavy atom. The summed E-state index contributed by atoms with van der Waals surface area (Å²) in [5, 5.41) is 2.75. The molecule has 0 aromatic heterocycles. The maximum absolute atomic E-state index is 12.0. The van der Waals surface area contributed by atoms with Gasteiger partial charge >= 0.3 is 0 Å². The summed E-state index contributed by atoms with van der Waals surface area (Å²) in [5.74, 6) is 0.523. The van der Waals surface area contributed by atoms with Crippen molar-refractivity contribution in [1.82, 2.24) is 9.62 Å². The fourth-order valence-corrected chi connectivity index (χ4v) is 3.36. The number of amides is 1. The van der Waals surface area contributed by atoms with Crippen molar-refractivity contribution in [3.63, 3.8) is 0 Å². The lowest BCUT2D eigenvalue weighted by atomic mass is 10.1. The van der Waals surface area contributed by atoms with Crippen LogP contribution in [0.2, 0.25) is 0 Å². The van der Waals surface area contributed by atoms with Crippen LogP contribution in [0.5, 0.6) is 5.75 Å². The Bertz CT molecular complexity index is 822. The Hall–Kier alpha value is -2.38. The molecule has 0 aliphatic heterocycles. The standard InChI is InChI=1S/C19H24N2O4S/c1-25-18-10-6-7-16(15-18)11-13-21(26(2,23)24)14-12-20-19(22)17-8-4-3-5-9-17/h3-10,15H,11-14H2,1-2H3,(H,20,22). The van der Waals surface area contributed by atoms with E-state index in [4.69, 9.17) is 4.74 Å². The first-order valence-electron chi connectivity index (χ1n) is 8.31. The third-order valence-electron chi connectivity index (χ3n) is 3.94. The number of ether oxygens (including phenoxy) is 1. The van der Waals surface area contributed by atoms with Gasteiger partial charge in [0.05, 0.1) is 13.4 Å². The lowest BCUT2D eigenvalue weighted by molar-refractivity contribution is 0.0951. The van der Waals surface area contributed by atoms with Crippen molar-refractivity contribution in [2.75, 3.05) is 33.0 Å². The van der Waals surface area contributed by atoms with E-state index in [1.165, 1.54) is 10.6 Å². The minimum atomic E-state index is -3.36. The number of hydrogen-bond acceptors (Lipinski definition) is 4. The van der Waals surface area contributed by atoms with E-state index in [9.17, 15) is 13.2 Å². The molecule has 0 unspecified atom stereocenters. The summed E-state index contributed by atoms with van der Waals surface area (Å²) < 4.78 is 30.6. The van der Waals surface area contributed by atoms with Crippen LogP contribution in [-0.4, -0.2) is 51.6 Å². The van der Waals surface area contributed by atoms with Gasteiger partial charge in [-0.2, -0.15) is 0 Å². The first-order valence-corrected chi connectivity index (χ1v) is 10.2. The molecule has 0 radical (unpaired) electrons. The van der Waals surface area contributed by atoms with Crippen LogP contribution in [0.15, 0.2) is 54.6 Å². The molecule has 7 heteroatoms. The predicted octanol–water partition coefficient (Wildman–Crippen LogP) is 1.93. The second-order valence-electron chi connectivity index (χ2n) is 5.89. The molecule has 0 aliphatic carbocycles. The molecule has 2 rings (SSSR count). The van der Waals surface area contributed by atoms with E-state index in [2.05, 4.69) is 5.32 Å². The van der Waals surface area contributed by atoms with Crippen molar-refractivity contribution in [2.24, 2.45) is 0 Å². The molecule has 0 saturated heterocycles.